The molecule has 1 saturated heterocycles. The molecule has 0 aliphatic carbocycles. The number of piperidine rings is 1. The quantitative estimate of drug-likeness (QED) is 0.731. The first kappa shape index (κ1) is 16.3. The van der Waals surface area contributed by atoms with E-state index in [9.17, 15) is 18.0 Å². The third-order valence-electron chi connectivity index (χ3n) is 3.78. The third kappa shape index (κ3) is 4.22. The number of hydrogen-bond acceptors (Lipinski definition) is 1. The minimum Gasteiger partial charge on any atom is -0.338 e. The summed E-state index contributed by atoms with van der Waals surface area (Å²) in [7, 11) is 0. The zero-order chi connectivity index (χ0) is 15.5. The Balaban J connectivity index is 2.05. The smallest absolute Gasteiger partial charge is 0.338 e. The molecule has 1 aromatic rings. The van der Waals surface area contributed by atoms with Crippen LogP contribution in [0.1, 0.15) is 35.2 Å². The van der Waals surface area contributed by atoms with E-state index in [4.69, 9.17) is 0 Å². The Hall–Kier alpha value is -1.04. The molecule has 116 valence electrons. The molecule has 0 N–H and O–H groups in total. The fourth-order valence-electron chi connectivity index (χ4n) is 2.62. The van der Waals surface area contributed by atoms with E-state index in [1.807, 2.05) is 0 Å². The van der Waals surface area contributed by atoms with Crippen molar-refractivity contribution in [3.8, 4) is 0 Å². The number of halogens is 4. The summed E-state index contributed by atoms with van der Waals surface area (Å²) in [5.74, 6) is 0.291. The van der Waals surface area contributed by atoms with Crippen molar-refractivity contribution in [3.05, 3.63) is 35.4 Å². The maximum absolute atomic E-state index is 12.5. The predicted molar refractivity (Wildman–Crippen MR) is 78.5 cm³/mol. The van der Waals surface area contributed by atoms with Crippen LogP contribution in [0.15, 0.2) is 24.3 Å². The predicted octanol–water partition coefficient (Wildman–Crippen LogP) is 4.34. The number of rotatable bonds is 3. The van der Waals surface area contributed by atoms with Crippen molar-refractivity contribution in [2.24, 2.45) is 5.92 Å². The fraction of sp³-hybridized carbons (Fsp3) is 0.533. The zero-order valence-corrected chi connectivity index (χ0v) is 13.1. The summed E-state index contributed by atoms with van der Waals surface area (Å²) < 4.78 is 37.5. The summed E-state index contributed by atoms with van der Waals surface area (Å²) in [6.07, 6.45) is -1.31. The van der Waals surface area contributed by atoms with Crippen LogP contribution >= 0.6 is 15.9 Å². The molecule has 1 aliphatic heterocycles. The van der Waals surface area contributed by atoms with Gasteiger partial charge in [-0.2, -0.15) is 13.2 Å². The van der Waals surface area contributed by atoms with E-state index in [1.54, 1.807) is 4.90 Å². The van der Waals surface area contributed by atoms with Gasteiger partial charge in [0.2, 0.25) is 0 Å². The lowest BCUT2D eigenvalue weighted by molar-refractivity contribution is -0.137. The lowest BCUT2D eigenvalue weighted by atomic mass is 9.95. The second kappa shape index (κ2) is 6.81. The van der Waals surface area contributed by atoms with E-state index in [2.05, 4.69) is 15.9 Å². The molecule has 2 nitrogen and oxygen atoms in total. The number of carbonyl (C=O) groups is 1. The van der Waals surface area contributed by atoms with Crippen LogP contribution in [-0.2, 0) is 6.18 Å². The first-order chi connectivity index (χ1) is 9.91. The monoisotopic (exact) mass is 363 g/mol. The number of alkyl halides is 4. The molecule has 0 bridgehead atoms. The van der Waals surface area contributed by atoms with E-state index < -0.39 is 11.7 Å². The van der Waals surface area contributed by atoms with Crippen molar-refractivity contribution in [3.63, 3.8) is 0 Å². The van der Waals surface area contributed by atoms with Gasteiger partial charge >= 0.3 is 6.18 Å². The van der Waals surface area contributed by atoms with Gasteiger partial charge in [-0.1, -0.05) is 15.9 Å². The molecule has 1 unspecified atom stereocenters. The molecule has 1 aromatic carbocycles. The van der Waals surface area contributed by atoms with E-state index in [1.165, 1.54) is 12.1 Å². The zero-order valence-electron chi connectivity index (χ0n) is 11.5. The molecule has 0 saturated carbocycles. The van der Waals surface area contributed by atoms with E-state index in [-0.39, 0.29) is 5.91 Å². The van der Waals surface area contributed by atoms with Gasteiger partial charge in [0.15, 0.2) is 0 Å². The van der Waals surface area contributed by atoms with Crippen molar-refractivity contribution in [2.75, 3.05) is 18.4 Å². The summed E-state index contributed by atoms with van der Waals surface area (Å²) in [6, 6.07) is 4.46. The molecular formula is C15H17BrF3NO. The van der Waals surface area contributed by atoms with Gasteiger partial charge in [-0.3, -0.25) is 4.79 Å². The van der Waals surface area contributed by atoms with Gasteiger partial charge in [0.05, 0.1) is 5.56 Å². The average Bonchev–Trinajstić information content (AvgIpc) is 2.46. The Morgan fingerprint density at radius 3 is 2.52 bits per heavy atom. The average molecular weight is 364 g/mol. The minimum absolute atomic E-state index is 0.178. The van der Waals surface area contributed by atoms with Crippen LogP contribution in [0.5, 0.6) is 0 Å². The molecule has 1 atom stereocenters. The SMILES string of the molecule is O=C(c1ccc(C(F)(F)F)cc1)N1CCCC(CCBr)C1. The van der Waals surface area contributed by atoms with Crippen LogP contribution in [-0.4, -0.2) is 29.2 Å². The standard InChI is InChI=1S/C15H17BrF3NO/c16-8-7-11-2-1-9-20(10-11)14(21)12-3-5-13(6-4-12)15(17,18)19/h3-6,11H,1-2,7-10H2. The van der Waals surface area contributed by atoms with E-state index in [0.29, 0.717) is 24.6 Å². The molecule has 6 heteroatoms. The van der Waals surface area contributed by atoms with Gasteiger partial charge in [0, 0.05) is 24.0 Å². The van der Waals surface area contributed by atoms with Crippen LogP contribution in [0.25, 0.3) is 0 Å². The fourth-order valence-corrected chi connectivity index (χ4v) is 3.27. The first-order valence-corrected chi connectivity index (χ1v) is 8.06. The van der Waals surface area contributed by atoms with Crippen molar-refractivity contribution in [1.29, 1.82) is 0 Å². The second-order valence-electron chi connectivity index (χ2n) is 5.31. The van der Waals surface area contributed by atoms with Gasteiger partial charge in [-0.05, 0) is 49.4 Å². The number of carbonyl (C=O) groups excluding carboxylic acids is 1. The Morgan fingerprint density at radius 1 is 1.29 bits per heavy atom. The molecular weight excluding hydrogens is 347 g/mol. The maximum atomic E-state index is 12.5. The summed E-state index contributed by atoms with van der Waals surface area (Å²) in [5, 5.41) is 0.903. The Bertz CT molecular complexity index is 485. The van der Waals surface area contributed by atoms with Crippen molar-refractivity contribution >= 4 is 21.8 Å². The maximum Gasteiger partial charge on any atom is 0.416 e. The van der Waals surface area contributed by atoms with Gasteiger partial charge in [0.25, 0.3) is 5.91 Å². The molecule has 1 aliphatic rings. The Labute approximate surface area is 130 Å². The molecule has 1 heterocycles. The highest BCUT2D eigenvalue weighted by Gasteiger charge is 2.31. The second-order valence-corrected chi connectivity index (χ2v) is 6.11. The van der Waals surface area contributed by atoms with Crippen LogP contribution in [0, 0.1) is 5.92 Å². The minimum atomic E-state index is -4.37. The first-order valence-electron chi connectivity index (χ1n) is 6.94. The highest BCUT2D eigenvalue weighted by atomic mass is 79.9. The molecule has 2 rings (SSSR count). The van der Waals surface area contributed by atoms with E-state index >= 15 is 0 Å². The highest BCUT2D eigenvalue weighted by molar-refractivity contribution is 9.09. The molecule has 0 radical (unpaired) electrons. The van der Waals surface area contributed by atoms with Crippen LogP contribution in [0.3, 0.4) is 0 Å². The summed E-state index contributed by atoms with van der Waals surface area (Å²) in [5.41, 5.74) is -0.405. The number of nitrogens with zero attached hydrogens (tertiary/aromatic N) is 1. The van der Waals surface area contributed by atoms with Crippen molar-refractivity contribution < 1.29 is 18.0 Å². The van der Waals surface area contributed by atoms with Gasteiger partial charge in [0.1, 0.15) is 0 Å². The largest absolute Gasteiger partial charge is 0.416 e. The number of benzene rings is 1. The van der Waals surface area contributed by atoms with Crippen molar-refractivity contribution in [2.45, 2.75) is 25.4 Å². The molecule has 0 spiro atoms. The number of hydrogen-bond donors (Lipinski definition) is 0. The van der Waals surface area contributed by atoms with Crippen LogP contribution in [0.4, 0.5) is 13.2 Å². The van der Waals surface area contributed by atoms with Crippen LogP contribution < -0.4 is 0 Å². The van der Waals surface area contributed by atoms with Gasteiger partial charge in [-0.25, -0.2) is 0 Å². The lowest BCUT2D eigenvalue weighted by Crippen LogP contribution is -2.40. The van der Waals surface area contributed by atoms with Crippen molar-refractivity contribution in [1.82, 2.24) is 4.90 Å². The summed E-state index contributed by atoms with van der Waals surface area (Å²) in [4.78, 5) is 14.1. The number of likely N-dealkylation sites (tertiary alicyclic amines) is 1. The van der Waals surface area contributed by atoms with Crippen LogP contribution in [0.2, 0.25) is 0 Å². The highest BCUT2D eigenvalue weighted by Crippen LogP contribution is 2.29. The molecule has 1 fully saturated rings. The summed E-state index contributed by atoms with van der Waals surface area (Å²) >= 11 is 3.40. The third-order valence-corrected chi connectivity index (χ3v) is 4.24. The number of amides is 1. The van der Waals surface area contributed by atoms with E-state index in [0.717, 1.165) is 36.7 Å². The van der Waals surface area contributed by atoms with Gasteiger partial charge < -0.3 is 4.90 Å². The molecule has 21 heavy (non-hydrogen) atoms. The summed E-state index contributed by atoms with van der Waals surface area (Å²) in [6.45, 7) is 1.37. The topological polar surface area (TPSA) is 20.3 Å². The Kier molecular flexibility index (Phi) is 5.30. The lowest BCUT2D eigenvalue weighted by Gasteiger charge is -2.32. The van der Waals surface area contributed by atoms with Gasteiger partial charge in [-0.15, -0.1) is 0 Å². The molecule has 1 amide bonds. The molecule has 0 aromatic heterocycles. The Morgan fingerprint density at radius 2 is 1.95 bits per heavy atom. The normalized spacial score (nSPS) is 19.6.